The fourth-order valence-corrected chi connectivity index (χ4v) is 3.46. The van der Waals surface area contributed by atoms with Crippen molar-refractivity contribution in [3.63, 3.8) is 0 Å². The van der Waals surface area contributed by atoms with Crippen LogP contribution in [0.15, 0.2) is 12.2 Å². The highest BCUT2D eigenvalue weighted by molar-refractivity contribution is 5.67. The molecule has 160 valence electrons. The van der Waals surface area contributed by atoms with Crippen molar-refractivity contribution in [1.82, 2.24) is 0 Å². The van der Waals surface area contributed by atoms with Crippen LogP contribution in [0.1, 0.15) is 129 Å². The van der Waals surface area contributed by atoms with Gasteiger partial charge in [0.1, 0.15) is 0 Å². The minimum Gasteiger partial charge on any atom is -0.481 e. The fraction of sp³-hybridized carbons (Fsp3) is 0.875. The molecule has 0 aromatic rings. The van der Waals surface area contributed by atoms with Gasteiger partial charge in [-0.05, 0) is 32.1 Å². The summed E-state index contributed by atoms with van der Waals surface area (Å²) in [5.74, 6) is -0.907. The molecule has 3 heteroatoms. The topological polar surface area (TPSA) is 57.5 Å². The van der Waals surface area contributed by atoms with Gasteiger partial charge in [-0.2, -0.15) is 0 Å². The van der Waals surface area contributed by atoms with Crippen molar-refractivity contribution in [2.24, 2.45) is 0 Å². The minimum atomic E-state index is -0.907. The second-order valence-electron chi connectivity index (χ2n) is 8.04. The quantitative estimate of drug-likeness (QED) is 0.160. The molecule has 0 bridgehead atoms. The van der Waals surface area contributed by atoms with E-state index < -0.39 is 12.1 Å². The lowest BCUT2D eigenvalue weighted by molar-refractivity contribution is -0.139. The number of hydrogen-bond acceptors (Lipinski definition) is 2. The Morgan fingerprint density at radius 3 is 1.56 bits per heavy atom. The first-order chi connectivity index (χ1) is 13.2. The summed E-state index contributed by atoms with van der Waals surface area (Å²) in [5.41, 5.74) is 0. The van der Waals surface area contributed by atoms with Crippen molar-refractivity contribution >= 4 is 5.97 Å². The van der Waals surface area contributed by atoms with E-state index in [0.717, 1.165) is 12.8 Å². The molecule has 0 heterocycles. The summed E-state index contributed by atoms with van der Waals surface area (Å²) in [6.07, 6.45) is 26.6. The highest BCUT2D eigenvalue weighted by Gasteiger charge is 2.08. The Bertz CT molecular complexity index is 339. The summed E-state index contributed by atoms with van der Waals surface area (Å²) in [7, 11) is 0. The largest absolute Gasteiger partial charge is 0.481 e. The van der Waals surface area contributed by atoms with Crippen LogP contribution >= 0.6 is 0 Å². The zero-order valence-electron chi connectivity index (χ0n) is 18.0. The molecule has 0 saturated heterocycles. The highest BCUT2D eigenvalue weighted by Crippen LogP contribution is 2.13. The van der Waals surface area contributed by atoms with Crippen LogP contribution in [0.25, 0.3) is 0 Å². The van der Waals surface area contributed by atoms with Gasteiger partial charge in [-0.15, -0.1) is 0 Å². The average Bonchev–Trinajstić information content (AvgIpc) is 2.63. The van der Waals surface area contributed by atoms with Crippen molar-refractivity contribution in [2.75, 3.05) is 0 Å². The molecular weight excluding hydrogens is 336 g/mol. The maximum absolute atomic E-state index is 10.4. The Morgan fingerprint density at radius 1 is 0.704 bits per heavy atom. The Balaban J connectivity index is 3.14. The van der Waals surface area contributed by atoms with Gasteiger partial charge in [-0.25, -0.2) is 0 Å². The Kier molecular flexibility index (Phi) is 20.8. The summed E-state index contributed by atoms with van der Waals surface area (Å²) >= 11 is 0. The smallest absolute Gasteiger partial charge is 0.305 e. The van der Waals surface area contributed by atoms with E-state index in [9.17, 15) is 9.90 Å². The van der Waals surface area contributed by atoms with E-state index in [2.05, 4.69) is 19.1 Å². The molecule has 27 heavy (non-hydrogen) atoms. The third-order valence-electron chi connectivity index (χ3n) is 5.21. The number of carboxylic acids is 1. The van der Waals surface area contributed by atoms with Crippen LogP contribution in [0.5, 0.6) is 0 Å². The molecular formula is C24H46O3. The molecule has 0 aromatic heterocycles. The predicted octanol–water partition coefficient (Wildman–Crippen LogP) is 7.42. The number of rotatable bonds is 21. The van der Waals surface area contributed by atoms with Crippen LogP contribution in [-0.4, -0.2) is 22.3 Å². The van der Waals surface area contributed by atoms with Crippen LogP contribution in [0.4, 0.5) is 0 Å². The van der Waals surface area contributed by atoms with E-state index in [4.69, 9.17) is 5.11 Å². The molecule has 3 nitrogen and oxygen atoms in total. The summed E-state index contributed by atoms with van der Waals surface area (Å²) in [6, 6.07) is 0. The zero-order valence-corrected chi connectivity index (χ0v) is 18.0. The van der Waals surface area contributed by atoms with Crippen LogP contribution < -0.4 is 0 Å². The summed E-state index contributed by atoms with van der Waals surface area (Å²) in [5, 5.41) is 18.1. The van der Waals surface area contributed by atoms with Crippen LogP contribution in [0, 0.1) is 0 Å². The molecule has 2 N–H and O–H groups in total. The van der Waals surface area contributed by atoms with Gasteiger partial charge in [0, 0.05) is 0 Å². The molecule has 0 rings (SSSR count). The lowest BCUT2D eigenvalue weighted by atomic mass is 10.0. The number of aliphatic hydroxyl groups excluding tert-OH is 1. The molecule has 0 amide bonds. The van der Waals surface area contributed by atoms with Crippen LogP contribution in [0.2, 0.25) is 0 Å². The number of aliphatic carboxylic acids is 1. The molecule has 0 aromatic carbocycles. The van der Waals surface area contributed by atoms with Crippen molar-refractivity contribution in [3.8, 4) is 0 Å². The molecule has 1 atom stereocenters. The fourth-order valence-electron chi connectivity index (χ4n) is 3.46. The van der Waals surface area contributed by atoms with E-state index in [1.54, 1.807) is 0 Å². The number of hydrogen-bond donors (Lipinski definition) is 2. The van der Waals surface area contributed by atoms with Crippen LogP contribution in [-0.2, 0) is 4.79 Å². The first-order valence-corrected chi connectivity index (χ1v) is 11.7. The van der Waals surface area contributed by atoms with E-state index in [1.807, 2.05) is 0 Å². The summed E-state index contributed by atoms with van der Waals surface area (Å²) in [4.78, 5) is 10.4. The molecule has 0 fully saturated rings. The van der Waals surface area contributed by atoms with E-state index in [1.165, 1.54) is 96.3 Å². The first-order valence-electron chi connectivity index (χ1n) is 11.7. The van der Waals surface area contributed by atoms with Crippen LogP contribution in [0.3, 0.4) is 0 Å². The molecule has 0 spiro atoms. The molecule has 0 aliphatic rings. The van der Waals surface area contributed by atoms with Gasteiger partial charge in [0.15, 0.2) is 0 Å². The summed E-state index contributed by atoms with van der Waals surface area (Å²) in [6.45, 7) is 2.27. The number of allylic oxidation sites excluding steroid dienone is 2. The number of carbonyl (C=O) groups is 1. The van der Waals surface area contributed by atoms with Gasteiger partial charge in [0.25, 0.3) is 0 Å². The molecule has 0 radical (unpaired) electrons. The van der Waals surface area contributed by atoms with E-state index in [0.29, 0.717) is 6.42 Å². The standard InChI is InChI=1S/C24H46O3/c1-2-3-4-5-6-7-8-9-10-11-12-13-14-15-16-17-18-19-20-21-23(25)22-24(26)27/h9-10,23,25H,2-8,11-22H2,1H3,(H,26,27)/b10-9+. The second-order valence-corrected chi connectivity index (χ2v) is 8.04. The SMILES string of the molecule is CCCCCCCC/C=C/CCCCCCCCCCCC(O)CC(=O)O. The van der Waals surface area contributed by atoms with Gasteiger partial charge >= 0.3 is 5.97 Å². The van der Waals surface area contributed by atoms with Gasteiger partial charge in [0.2, 0.25) is 0 Å². The van der Waals surface area contributed by atoms with Gasteiger partial charge in [-0.1, -0.05) is 103 Å². The second kappa shape index (κ2) is 21.5. The zero-order chi connectivity index (χ0) is 20.0. The normalized spacial score (nSPS) is 12.7. The van der Waals surface area contributed by atoms with E-state index >= 15 is 0 Å². The minimum absolute atomic E-state index is 0.117. The molecule has 0 aliphatic carbocycles. The van der Waals surface area contributed by atoms with Gasteiger partial charge < -0.3 is 10.2 Å². The number of unbranched alkanes of at least 4 members (excludes halogenated alkanes) is 15. The lowest BCUT2D eigenvalue weighted by Gasteiger charge is -2.07. The summed E-state index contributed by atoms with van der Waals surface area (Å²) < 4.78 is 0. The predicted molar refractivity (Wildman–Crippen MR) is 116 cm³/mol. The monoisotopic (exact) mass is 382 g/mol. The maximum atomic E-state index is 10.4. The van der Waals surface area contributed by atoms with Crippen molar-refractivity contribution in [2.45, 2.75) is 135 Å². The van der Waals surface area contributed by atoms with Crippen molar-refractivity contribution in [1.29, 1.82) is 0 Å². The third kappa shape index (κ3) is 23.1. The van der Waals surface area contributed by atoms with E-state index in [-0.39, 0.29) is 6.42 Å². The number of aliphatic hydroxyl groups is 1. The average molecular weight is 383 g/mol. The number of carboxylic acid groups (broad SMARTS) is 1. The lowest BCUT2D eigenvalue weighted by Crippen LogP contribution is -2.12. The Morgan fingerprint density at radius 2 is 1.11 bits per heavy atom. The van der Waals surface area contributed by atoms with Crippen molar-refractivity contribution < 1.29 is 15.0 Å². The third-order valence-corrected chi connectivity index (χ3v) is 5.21. The Labute approximate surface area is 168 Å². The Hall–Kier alpha value is -0.830. The van der Waals surface area contributed by atoms with Gasteiger partial charge in [0.05, 0.1) is 12.5 Å². The molecule has 1 unspecified atom stereocenters. The first kappa shape index (κ1) is 26.2. The maximum Gasteiger partial charge on any atom is 0.305 e. The highest BCUT2D eigenvalue weighted by atomic mass is 16.4. The molecule has 0 saturated carbocycles. The van der Waals surface area contributed by atoms with Gasteiger partial charge in [-0.3, -0.25) is 4.79 Å². The molecule has 0 aliphatic heterocycles. The van der Waals surface area contributed by atoms with Crippen molar-refractivity contribution in [3.05, 3.63) is 12.2 Å².